The first-order valence-electron chi connectivity index (χ1n) is 8.82. The van der Waals surface area contributed by atoms with Crippen LogP contribution in [0.25, 0.3) is 5.65 Å². The molecule has 0 radical (unpaired) electrons. The average Bonchev–Trinajstić information content (AvgIpc) is 3.26. The van der Waals surface area contributed by atoms with Gasteiger partial charge in [0.05, 0.1) is 0 Å². The SMILES string of the molecule is CCNC(=NCc1nnc2ccccn12)NC1CCN(C(=O)CC)C1. The molecule has 3 heterocycles. The van der Waals surface area contributed by atoms with Gasteiger partial charge in [0.25, 0.3) is 0 Å². The first kappa shape index (κ1) is 17.2. The molecular formula is C17H25N7O. The van der Waals surface area contributed by atoms with Gasteiger partial charge in [0.1, 0.15) is 6.54 Å². The van der Waals surface area contributed by atoms with Crippen molar-refractivity contribution in [3.63, 3.8) is 0 Å². The van der Waals surface area contributed by atoms with Gasteiger partial charge < -0.3 is 15.5 Å². The van der Waals surface area contributed by atoms with Crippen LogP contribution in [-0.4, -0.2) is 57.0 Å². The molecular weight excluding hydrogens is 318 g/mol. The molecule has 2 aromatic heterocycles. The van der Waals surface area contributed by atoms with E-state index in [9.17, 15) is 4.79 Å². The number of rotatable bonds is 5. The van der Waals surface area contributed by atoms with Crippen LogP contribution in [-0.2, 0) is 11.3 Å². The van der Waals surface area contributed by atoms with Crippen molar-refractivity contribution in [1.82, 2.24) is 30.1 Å². The second kappa shape index (κ2) is 7.96. The molecule has 25 heavy (non-hydrogen) atoms. The Hall–Kier alpha value is -2.64. The van der Waals surface area contributed by atoms with Crippen LogP contribution >= 0.6 is 0 Å². The predicted molar refractivity (Wildman–Crippen MR) is 96.2 cm³/mol. The van der Waals surface area contributed by atoms with Crippen LogP contribution in [0.1, 0.15) is 32.5 Å². The molecule has 0 saturated carbocycles. The fourth-order valence-electron chi connectivity index (χ4n) is 2.99. The molecule has 134 valence electrons. The first-order chi connectivity index (χ1) is 12.2. The van der Waals surface area contributed by atoms with Crippen LogP contribution in [0, 0.1) is 0 Å². The molecule has 0 bridgehead atoms. The van der Waals surface area contributed by atoms with Gasteiger partial charge in [-0.25, -0.2) is 4.99 Å². The molecule has 1 saturated heterocycles. The zero-order valence-electron chi connectivity index (χ0n) is 14.8. The molecule has 0 aliphatic carbocycles. The quantitative estimate of drug-likeness (QED) is 0.619. The van der Waals surface area contributed by atoms with Gasteiger partial charge >= 0.3 is 0 Å². The summed E-state index contributed by atoms with van der Waals surface area (Å²) in [6, 6.07) is 6.03. The Morgan fingerprint density at radius 2 is 2.24 bits per heavy atom. The minimum Gasteiger partial charge on any atom is -0.357 e. The number of aliphatic imine (C=N–C) groups is 1. The molecule has 1 unspecified atom stereocenters. The third kappa shape index (κ3) is 4.07. The number of nitrogens with zero attached hydrogens (tertiary/aromatic N) is 5. The minimum atomic E-state index is 0.209. The van der Waals surface area contributed by atoms with E-state index >= 15 is 0 Å². The van der Waals surface area contributed by atoms with Crippen LogP contribution in [0.2, 0.25) is 0 Å². The number of nitrogens with one attached hydrogen (secondary N) is 2. The summed E-state index contributed by atoms with van der Waals surface area (Å²) in [5.74, 6) is 1.74. The van der Waals surface area contributed by atoms with E-state index in [-0.39, 0.29) is 11.9 Å². The molecule has 1 amide bonds. The summed E-state index contributed by atoms with van der Waals surface area (Å²) < 4.78 is 1.93. The number of carbonyl (C=O) groups excluding carboxylic acids is 1. The summed E-state index contributed by atoms with van der Waals surface area (Å²) >= 11 is 0. The van der Waals surface area contributed by atoms with Crippen molar-refractivity contribution in [2.75, 3.05) is 19.6 Å². The lowest BCUT2D eigenvalue weighted by Gasteiger charge is -2.18. The molecule has 8 nitrogen and oxygen atoms in total. The van der Waals surface area contributed by atoms with Crippen molar-refractivity contribution < 1.29 is 4.79 Å². The Bertz CT molecular complexity index is 754. The fourth-order valence-corrected chi connectivity index (χ4v) is 2.99. The smallest absolute Gasteiger partial charge is 0.222 e. The number of hydrogen-bond donors (Lipinski definition) is 2. The topological polar surface area (TPSA) is 86.9 Å². The van der Waals surface area contributed by atoms with E-state index in [4.69, 9.17) is 0 Å². The molecule has 0 aromatic carbocycles. The lowest BCUT2D eigenvalue weighted by atomic mass is 10.3. The monoisotopic (exact) mass is 343 g/mol. The normalized spacial score (nSPS) is 17.9. The van der Waals surface area contributed by atoms with Gasteiger partial charge in [-0.05, 0) is 25.5 Å². The molecule has 3 rings (SSSR count). The van der Waals surface area contributed by atoms with Crippen molar-refractivity contribution in [3.8, 4) is 0 Å². The van der Waals surface area contributed by atoms with E-state index in [2.05, 4.69) is 25.8 Å². The highest BCUT2D eigenvalue weighted by molar-refractivity contribution is 5.80. The average molecular weight is 343 g/mol. The molecule has 1 fully saturated rings. The van der Waals surface area contributed by atoms with Gasteiger partial charge in [-0.1, -0.05) is 13.0 Å². The molecule has 8 heteroatoms. The van der Waals surface area contributed by atoms with Gasteiger partial charge in [-0.2, -0.15) is 0 Å². The highest BCUT2D eigenvalue weighted by Crippen LogP contribution is 2.10. The Balaban J connectivity index is 1.64. The highest BCUT2D eigenvalue weighted by Gasteiger charge is 2.25. The summed E-state index contributed by atoms with van der Waals surface area (Å²) in [5.41, 5.74) is 0.815. The number of carbonyl (C=O) groups is 1. The Morgan fingerprint density at radius 3 is 3.04 bits per heavy atom. The van der Waals surface area contributed by atoms with E-state index in [1.807, 2.05) is 47.5 Å². The van der Waals surface area contributed by atoms with Gasteiger partial charge in [0, 0.05) is 38.3 Å². The Morgan fingerprint density at radius 1 is 1.36 bits per heavy atom. The second-order valence-electron chi connectivity index (χ2n) is 6.06. The largest absolute Gasteiger partial charge is 0.357 e. The highest BCUT2D eigenvalue weighted by atomic mass is 16.2. The third-order valence-electron chi connectivity index (χ3n) is 4.29. The van der Waals surface area contributed by atoms with Crippen molar-refractivity contribution in [2.24, 2.45) is 4.99 Å². The maximum atomic E-state index is 11.8. The first-order valence-corrected chi connectivity index (χ1v) is 8.82. The van der Waals surface area contributed by atoms with Crippen LogP contribution in [0.4, 0.5) is 0 Å². The molecule has 2 N–H and O–H groups in total. The van der Waals surface area contributed by atoms with Crippen molar-refractivity contribution in [3.05, 3.63) is 30.2 Å². The van der Waals surface area contributed by atoms with E-state index in [1.165, 1.54) is 0 Å². The zero-order valence-corrected chi connectivity index (χ0v) is 14.8. The van der Waals surface area contributed by atoms with E-state index in [1.54, 1.807) is 0 Å². The standard InChI is InChI=1S/C17H25N7O/c1-3-16(25)23-10-8-13(12-23)20-17(18-4-2)19-11-15-22-21-14-7-5-6-9-24(14)15/h5-7,9,13H,3-4,8,10-12H2,1-2H3,(H2,18,19,20). The molecule has 2 aromatic rings. The van der Waals surface area contributed by atoms with E-state index in [0.717, 1.165) is 43.5 Å². The van der Waals surface area contributed by atoms with Crippen LogP contribution in [0.3, 0.4) is 0 Å². The third-order valence-corrected chi connectivity index (χ3v) is 4.29. The molecule has 1 atom stereocenters. The minimum absolute atomic E-state index is 0.209. The van der Waals surface area contributed by atoms with Gasteiger partial charge in [-0.15, -0.1) is 10.2 Å². The zero-order chi connectivity index (χ0) is 17.6. The number of guanidine groups is 1. The number of likely N-dealkylation sites (tertiary alicyclic amines) is 1. The predicted octanol–water partition coefficient (Wildman–Crippen LogP) is 0.795. The Kier molecular flexibility index (Phi) is 5.47. The number of pyridine rings is 1. The van der Waals surface area contributed by atoms with Crippen molar-refractivity contribution >= 4 is 17.5 Å². The van der Waals surface area contributed by atoms with Crippen molar-refractivity contribution in [2.45, 2.75) is 39.3 Å². The van der Waals surface area contributed by atoms with Gasteiger partial charge in [0.15, 0.2) is 17.4 Å². The van der Waals surface area contributed by atoms with Crippen LogP contribution < -0.4 is 10.6 Å². The Labute approximate surface area is 147 Å². The summed E-state index contributed by atoms with van der Waals surface area (Å²) in [7, 11) is 0. The van der Waals surface area contributed by atoms with Gasteiger partial charge in [0.2, 0.25) is 5.91 Å². The lowest BCUT2D eigenvalue weighted by molar-refractivity contribution is -0.129. The van der Waals surface area contributed by atoms with E-state index < -0.39 is 0 Å². The number of hydrogen-bond acceptors (Lipinski definition) is 4. The van der Waals surface area contributed by atoms with Crippen LogP contribution in [0.5, 0.6) is 0 Å². The summed E-state index contributed by atoms with van der Waals surface area (Å²) in [4.78, 5) is 18.3. The fraction of sp³-hybridized carbons (Fsp3) is 0.529. The van der Waals surface area contributed by atoms with Gasteiger partial charge in [-0.3, -0.25) is 9.20 Å². The number of amides is 1. The molecule has 1 aliphatic rings. The van der Waals surface area contributed by atoms with E-state index in [0.29, 0.717) is 13.0 Å². The summed E-state index contributed by atoms with van der Waals surface area (Å²) in [5, 5.41) is 15.0. The maximum Gasteiger partial charge on any atom is 0.222 e. The number of fused-ring (bicyclic) bond motifs is 1. The maximum absolute atomic E-state index is 11.8. The number of aromatic nitrogens is 3. The summed E-state index contributed by atoms with van der Waals surface area (Å²) in [6.07, 6.45) is 3.43. The van der Waals surface area contributed by atoms with Crippen molar-refractivity contribution in [1.29, 1.82) is 0 Å². The second-order valence-corrected chi connectivity index (χ2v) is 6.06. The molecule has 1 aliphatic heterocycles. The lowest BCUT2D eigenvalue weighted by Crippen LogP contribution is -2.45. The summed E-state index contributed by atoms with van der Waals surface area (Å²) in [6.45, 7) is 6.67. The van der Waals surface area contributed by atoms with Crippen LogP contribution in [0.15, 0.2) is 29.4 Å². The molecule has 0 spiro atoms.